The Kier molecular flexibility index (Phi) is 2.37. The molecule has 0 saturated carbocycles. The van der Waals surface area contributed by atoms with E-state index in [-0.39, 0.29) is 4.75 Å². The lowest BCUT2D eigenvalue weighted by molar-refractivity contribution is 0.978. The van der Waals surface area contributed by atoms with Crippen LogP contribution < -0.4 is 5.41 Å². The third-order valence-electron chi connectivity index (χ3n) is 0.837. The van der Waals surface area contributed by atoms with E-state index in [1.807, 2.05) is 20.1 Å². The van der Waals surface area contributed by atoms with Crippen molar-refractivity contribution in [2.75, 3.05) is 6.26 Å². The third-order valence-corrected chi connectivity index (χ3v) is 1.99. The second-order valence-electron chi connectivity index (χ2n) is 1.94. The molecule has 0 rings (SSSR count). The minimum atomic E-state index is -0.0694. The zero-order valence-corrected chi connectivity index (χ0v) is 5.75. The van der Waals surface area contributed by atoms with Gasteiger partial charge in [-0.05, 0) is 20.1 Å². The van der Waals surface area contributed by atoms with Gasteiger partial charge in [0.25, 0.3) is 0 Å². The molecule has 7 heavy (non-hydrogen) atoms. The van der Waals surface area contributed by atoms with Crippen molar-refractivity contribution in [3.05, 3.63) is 0 Å². The molecule has 0 spiro atoms. The topological polar surface area (TPSA) is 22.3 Å². The first kappa shape index (κ1) is 7.02. The highest BCUT2D eigenvalue weighted by atomic mass is 32.2. The largest absolute Gasteiger partial charge is 0.162 e. The molecule has 0 saturated heterocycles. The second kappa shape index (κ2) is 2.36. The van der Waals surface area contributed by atoms with E-state index in [2.05, 4.69) is 0 Å². The summed E-state index contributed by atoms with van der Waals surface area (Å²) in [5, 5.41) is 8.45. The van der Waals surface area contributed by atoms with Crippen LogP contribution >= 0.6 is 11.8 Å². The van der Waals surface area contributed by atoms with Gasteiger partial charge in [0, 0.05) is 11.0 Å². The number of hydrogen-bond donors (Lipinski definition) is 0. The van der Waals surface area contributed by atoms with E-state index in [9.17, 15) is 0 Å². The smallest absolute Gasteiger partial charge is 0.0470 e. The van der Waals surface area contributed by atoms with E-state index in [0.29, 0.717) is 0 Å². The predicted molar refractivity (Wildman–Crippen MR) is 35.8 cm³/mol. The van der Waals surface area contributed by atoms with Crippen molar-refractivity contribution in [3.8, 4) is 0 Å². The highest BCUT2D eigenvalue weighted by molar-refractivity contribution is 8.00. The van der Waals surface area contributed by atoms with Crippen LogP contribution in [0, 0.1) is 0 Å². The van der Waals surface area contributed by atoms with Gasteiger partial charge in [0.15, 0.2) is 0 Å². The molecule has 41 valence electrons. The van der Waals surface area contributed by atoms with E-state index < -0.39 is 0 Å². The van der Waals surface area contributed by atoms with Crippen molar-refractivity contribution in [1.29, 1.82) is 0 Å². The molecule has 0 aliphatic carbocycles. The highest BCUT2D eigenvalue weighted by Crippen LogP contribution is 2.16. The Balaban J connectivity index is 3.58. The van der Waals surface area contributed by atoms with Crippen molar-refractivity contribution in [2.45, 2.75) is 18.6 Å². The maximum absolute atomic E-state index is 8.45. The van der Waals surface area contributed by atoms with Gasteiger partial charge in [-0.3, -0.25) is 0 Å². The first-order valence-corrected chi connectivity index (χ1v) is 3.38. The zero-order chi connectivity index (χ0) is 5.91. The molecular weight excluding hydrogens is 106 g/mol. The SMILES string of the molecule is CSC(C)(C)C=[N]. The van der Waals surface area contributed by atoms with E-state index in [1.54, 1.807) is 11.8 Å². The molecule has 0 heterocycles. The average molecular weight is 116 g/mol. The Morgan fingerprint density at radius 2 is 2.00 bits per heavy atom. The van der Waals surface area contributed by atoms with E-state index in [0.717, 1.165) is 0 Å². The zero-order valence-electron chi connectivity index (χ0n) is 4.93. The number of thioether (sulfide) groups is 1. The lowest BCUT2D eigenvalue weighted by atomic mass is 10.2. The van der Waals surface area contributed by atoms with Crippen molar-refractivity contribution in [3.63, 3.8) is 0 Å². The monoisotopic (exact) mass is 116 g/mol. The van der Waals surface area contributed by atoms with Crippen molar-refractivity contribution >= 4 is 18.0 Å². The summed E-state index contributed by atoms with van der Waals surface area (Å²) in [5.41, 5.74) is 0. The molecule has 0 bridgehead atoms. The molecule has 0 aliphatic heterocycles. The number of nitrogens with zero attached hydrogens (tertiary/aromatic N) is 1. The summed E-state index contributed by atoms with van der Waals surface area (Å²) in [6.07, 6.45) is 3.17. The van der Waals surface area contributed by atoms with E-state index in [1.165, 1.54) is 6.21 Å². The first-order valence-electron chi connectivity index (χ1n) is 2.16. The van der Waals surface area contributed by atoms with Crippen LogP contribution in [0.5, 0.6) is 0 Å². The van der Waals surface area contributed by atoms with Crippen LogP contribution in [0.25, 0.3) is 0 Å². The van der Waals surface area contributed by atoms with Crippen LogP contribution in [0.3, 0.4) is 0 Å². The molecule has 0 amide bonds. The summed E-state index contributed by atoms with van der Waals surface area (Å²) in [5.74, 6) is 0. The third kappa shape index (κ3) is 2.68. The van der Waals surface area contributed by atoms with Gasteiger partial charge in [0.1, 0.15) is 0 Å². The number of hydrogen-bond acceptors (Lipinski definition) is 1. The van der Waals surface area contributed by atoms with Crippen LogP contribution in [0.15, 0.2) is 0 Å². The van der Waals surface area contributed by atoms with Gasteiger partial charge in [0.2, 0.25) is 0 Å². The molecule has 0 aromatic heterocycles. The van der Waals surface area contributed by atoms with Gasteiger partial charge < -0.3 is 0 Å². The molecule has 0 N–H and O–H groups in total. The van der Waals surface area contributed by atoms with Gasteiger partial charge in [0.05, 0.1) is 0 Å². The van der Waals surface area contributed by atoms with Gasteiger partial charge in [-0.25, -0.2) is 0 Å². The van der Waals surface area contributed by atoms with E-state index in [4.69, 9.17) is 5.41 Å². The predicted octanol–water partition coefficient (Wildman–Crippen LogP) is 0.999. The summed E-state index contributed by atoms with van der Waals surface area (Å²) in [6, 6.07) is 0. The van der Waals surface area contributed by atoms with Crippen LogP contribution in [0.4, 0.5) is 0 Å². The standard InChI is InChI=1S/C5H10NS/c1-5(2,4-6)7-3/h4H,1-3H3. The van der Waals surface area contributed by atoms with Crippen LogP contribution in [0.2, 0.25) is 0 Å². The highest BCUT2D eigenvalue weighted by Gasteiger charge is 2.10. The second-order valence-corrected chi connectivity index (χ2v) is 3.40. The molecular formula is C5H10NS. The summed E-state index contributed by atoms with van der Waals surface area (Å²) < 4.78 is -0.0694. The van der Waals surface area contributed by atoms with Crippen LogP contribution in [0.1, 0.15) is 13.8 Å². The van der Waals surface area contributed by atoms with Gasteiger partial charge >= 0.3 is 0 Å². The van der Waals surface area contributed by atoms with E-state index >= 15 is 0 Å². The van der Waals surface area contributed by atoms with Crippen molar-refractivity contribution < 1.29 is 0 Å². The molecule has 0 aromatic rings. The van der Waals surface area contributed by atoms with Gasteiger partial charge in [-0.15, -0.1) is 0 Å². The molecule has 0 fully saturated rings. The molecule has 0 aromatic carbocycles. The van der Waals surface area contributed by atoms with Crippen molar-refractivity contribution in [1.82, 2.24) is 5.41 Å². The Hall–Kier alpha value is 0.0200. The lowest BCUT2D eigenvalue weighted by Crippen LogP contribution is -2.15. The normalized spacial score (nSPS) is 11.3. The maximum atomic E-state index is 8.45. The quantitative estimate of drug-likeness (QED) is 0.493. The maximum Gasteiger partial charge on any atom is 0.0470 e. The molecule has 1 radical (unpaired) electrons. The summed E-state index contributed by atoms with van der Waals surface area (Å²) >= 11 is 1.62. The molecule has 0 aliphatic rings. The molecule has 1 nitrogen and oxygen atoms in total. The Morgan fingerprint density at radius 1 is 1.57 bits per heavy atom. The summed E-state index contributed by atoms with van der Waals surface area (Å²) in [7, 11) is 0. The minimum absolute atomic E-state index is 0.0694. The Bertz CT molecular complexity index is 68.5. The summed E-state index contributed by atoms with van der Waals surface area (Å²) in [4.78, 5) is 0. The van der Waals surface area contributed by atoms with Gasteiger partial charge in [-0.1, -0.05) is 0 Å². The number of rotatable bonds is 2. The van der Waals surface area contributed by atoms with Crippen LogP contribution in [-0.4, -0.2) is 17.2 Å². The van der Waals surface area contributed by atoms with Gasteiger partial charge in [-0.2, -0.15) is 17.2 Å². The minimum Gasteiger partial charge on any atom is -0.162 e. The Labute approximate surface area is 49.0 Å². The molecule has 0 atom stereocenters. The Morgan fingerprint density at radius 3 is 2.00 bits per heavy atom. The average Bonchev–Trinajstić information content (AvgIpc) is 1.68. The molecule has 0 unspecified atom stereocenters. The fourth-order valence-corrected chi connectivity index (χ4v) is 0.158. The fraction of sp³-hybridized carbons (Fsp3) is 0.800. The lowest BCUT2D eigenvalue weighted by Gasteiger charge is -2.12. The fourth-order valence-electron chi connectivity index (χ4n) is 0.0527. The molecule has 2 heteroatoms. The van der Waals surface area contributed by atoms with Crippen molar-refractivity contribution in [2.24, 2.45) is 0 Å². The summed E-state index contributed by atoms with van der Waals surface area (Å²) in [6.45, 7) is 3.91. The van der Waals surface area contributed by atoms with Crippen LogP contribution in [-0.2, 0) is 0 Å². The first-order chi connectivity index (χ1) is 3.12.